The Labute approximate surface area is 88.4 Å². The van der Waals surface area contributed by atoms with Crippen molar-refractivity contribution < 1.29 is 4.79 Å². The molecular weight excluding hydrogens is 192 g/mol. The van der Waals surface area contributed by atoms with Crippen LogP contribution in [0.3, 0.4) is 0 Å². The van der Waals surface area contributed by atoms with Gasteiger partial charge in [0.1, 0.15) is 0 Å². The Hall–Kier alpha value is -1.91. The topological polar surface area (TPSA) is 121 Å². The predicted molar refractivity (Wildman–Crippen MR) is 61.7 cm³/mol. The van der Waals surface area contributed by atoms with Crippen LogP contribution in [-0.2, 0) is 11.2 Å². The lowest BCUT2D eigenvalue weighted by Gasteiger charge is -2.11. The highest BCUT2D eigenvalue weighted by Gasteiger charge is 2.11. The van der Waals surface area contributed by atoms with Crippen LogP contribution >= 0.6 is 0 Å². The number of anilines is 3. The van der Waals surface area contributed by atoms with Crippen LogP contribution in [0, 0.1) is 5.92 Å². The van der Waals surface area contributed by atoms with Gasteiger partial charge in [-0.1, -0.05) is 6.92 Å². The molecule has 0 bridgehead atoms. The maximum Gasteiger partial charge on any atom is 0.220 e. The third-order valence-electron chi connectivity index (χ3n) is 2.33. The van der Waals surface area contributed by atoms with Gasteiger partial charge in [0.25, 0.3) is 0 Å². The summed E-state index contributed by atoms with van der Waals surface area (Å²) in [6.07, 6.45) is 0.518. The van der Waals surface area contributed by atoms with E-state index in [0.717, 1.165) is 5.56 Å². The molecule has 5 heteroatoms. The van der Waals surface area contributed by atoms with E-state index in [4.69, 9.17) is 22.9 Å². The number of primary amides is 1. The number of nitrogen functional groups attached to an aromatic ring is 3. The Morgan fingerprint density at radius 1 is 1.27 bits per heavy atom. The van der Waals surface area contributed by atoms with Gasteiger partial charge in [0.2, 0.25) is 5.91 Å². The summed E-state index contributed by atoms with van der Waals surface area (Å²) in [7, 11) is 0. The van der Waals surface area contributed by atoms with E-state index in [9.17, 15) is 4.79 Å². The van der Waals surface area contributed by atoms with E-state index in [1.54, 1.807) is 19.1 Å². The molecule has 0 fully saturated rings. The average molecular weight is 208 g/mol. The maximum absolute atomic E-state index is 10.9. The third kappa shape index (κ3) is 2.52. The number of amides is 1. The second-order valence-electron chi connectivity index (χ2n) is 3.70. The van der Waals surface area contributed by atoms with E-state index in [1.807, 2.05) is 0 Å². The van der Waals surface area contributed by atoms with Crippen LogP contribution < -0.4 is 22.9 Å². The molecule has 0 aliphatic rings. The van der Waals surface area contributed by atoms with E-state index in [1.165, 1.54) is 0 Å². The molecule has 1 aromatic rings. The maximum atomic E-state index is 10.9. The number of nitrogens with two attached hydrogens (primary N) is 4. The molecule has 0 aliphatic carbocycles. The van der Waals surface area contributed by atoms with Crippen molar-refractivity contribution in [1.29, 1.82) is 0 Å². The highest BCUT2D eigenvalue weighted by molar-refractivity contribution is 5.79. The summed E-state index contributed by atoms with van der Waals surface area (Å²) in [6, 6.07) is 3.43. The smallest absolute Gasteiger partial charge is 0.220 e. The van der Waals surface area contributed by atoms with Gasteiger partial charge in [0.15, 0.2) is 0 Å². The molecule has 8 N–H and O–H groups in total. The quantitative estimate of drug-likeness (QED) is 0.526. The minimum absolute atomic E-state index is 0.243. The molecule has 0 heterocycles. The van der Waals surface area contributed by atoms with Crippen LogP contribution in [0.4, 0.5) is 17.1 Å². The fraction of sp³-hybridized carbons (Fsp3) is 0.300. The number of carbonyl (C=O) groups excluding carboxylic acids is 1. The SMILES string of the molecule is C[C@@H](Cc1cc(N)c(N)c(N)c1)C(N)=O. The van der Waals surface area contributed by atoms with Crippen molar-refractivity contribution in [2.75, 3.05) is 17.2 Å². The molecule has 1 atom stereocenters. The normalized spacial score (nSPS) is 12.3. The van der Waals surface area contributed by atoms with Crippen LogP contribution in [0.2, 0.25) is 0 Å². The summed E-state index contributed by atoms with van der Waals surface area (Å²) < 4.78 is 0. The van der Waals surface area contributed by atoms with Crippen LogP contribution in [0.15, 0.2) is 12.1 Å². The van der Waals surface area contributed by atoms with E-state index < -0.39 is 0 Å². The second-order valence-corrected chi connectivity index (χ2v) is 3.70. The molecule has 0 radical (unpaired) electrons. The molecule has 0 saturated carbocycles. The summed E-state index contributed by atoms with van der Waals surface area (Å²) in [6.45, 7) is 1.76. The van der Waals surface area contributed by atoms with Gasteiger partial charge in [-0.15, -0.1) is 0 Å². The molecule has 0 saturated heterocycles. The number of carbonyl (C=O) groups is 1. The Morgan fingerprint density at radius 2 is 1.73 bits per heavy atom. The molecule has 1 rings (SSSR count). The van der Waals surface area contributed by atoms with Gasteiger partial charge in [0.05, 0.1) is 17.1 Å². The summed E-state index contributed by atoms with van der Waals surface area (Å²) >= 11 is 0. The minimum atomic E-state index is -0.344. The average Bonchev–Trinajstić information content (AvgIpc) is 2.13. The van der Waals surface area contributed by atoms with Crippen LogP contribution in [0.25, 0.3) is 0 Å². The first kappa shape index (κ1) is 11.2. The molecule has 82 valence electrons. The fourth-order valence-electron chi connectivity index (χ4n) is 1.34. The van der Waals surface area contributed by atoms with Crippen molar-refractivity contribution in [2.45, 2.75) is 13.3 Å². The van der Waals surface area contributed by atoms with Crippen LogP contribution in [0.1, 0.15) is 12.5 Å². The zero-order chi connectivity index (χ0) is 11.6. The lowest BCUT2D eigenvalue weighted by atomic mass is 9.99. The van der Waals surface area contributed by atoms with Gasteiger partial charge < -0.3 is 22.9 Å². The molecule has 15 heavy (non-hydrogen) atoms. The second kappa shape index (κ2) is 4.08. The van der Waals surface area contributed by atoms with E-state index >= 15 is 0 Å². The Balaban J connectivity index is 2.92. The third-order valence-corrected chi connectivity index (χ3v) is 2.33. The van der Waals surface area contributed by atoms with Gasteiger partial charge in [0, 0.05) is 5.92 Å². The van der Waals surface area contributed by atoms with Crippen LogP contribution in [0.5, 0.6) is 0 Å². The van der Waals surface area contributed by atoms with E-state index in [2.05, 4.69) is 0 Å². The molecule has 0 aromatic heterocycles. The molecular formula is C10H16N4O. The summed E-state index contributed by atoms with van der Waals surface area (Å²) in [5.41, 5.74) is 24.2. The van der Waals surface area contributed by atoms with Crippen molar-refractivity contribution >= 4 is 23.0 Å². The Kier molecular flexibility index (Phi) is 3.04. The van der Waals surface area contributed by atoms with Gasteiger partial charge in [-0.25, -0.2) is 0 Å². The first-order valence-electron chi connectivity index (χ1n) is 4.64. The summed E-state index contributed by atoms with van der Waals surface area (Å²) in [5.74, 6) is -0.587. The van der Waals surface area contributed by atoms with Crippen molar-refractivity contribution in [2.24, 2.45) is 11.7 Å². The predicted octanol–water partition coefficient (Wildman–Crippen LogP) is 0.0971. The lowest BCUT2D eigenvalue weighted by molar-refractivity contribution is -0.121. The standard InChI is InChI=1S/C10H16N4O/c1-5(10(14)15)2-6-3-7(11)9(13)8(12)4-6/h3-5H,2,11-13H2,1H3,(H2,14,15)/t5-/m0/s1. The number of hydrogen-bond acceptors (Lipinski definition) is 4. The largest absolute Gasteiger partial charge is 0.397 e. The van der Waals surface area contributed by atoms with Crippen molar-refractivity contribution in [1.82, 2.24) is 0 Å². The first-order chi connectivity index (χ1) is 6.91. The highest BCUT2D eigenvalue weighted by Crippen LogP contribution is 2.25. The van der Waals surface area contributed by atoms with E-state index in [-0.39, 0.29) is 11.8 Å². The highest BCUT2D eigenvalue weighted by atomic mass is 16.1. The zero-order valence-electron chi connectivity index (χ0n) is 8.66. The Bertz CT molecular complexity index is 366. The van der Waals surface area contributed by atoms with Gasteiger partial charge in [-0.3, -0.25) is 4.79 Å². The van der Waals surface area contributed by atoms with E-state index in [0.29, 0.717) is 23.5 Å². The minimum Gasteiger partial charge on any atom is -0.397 e. The van der Waals surface area contributed by atoms with Crippen LogP contribution in [-0.4, -0.2) is 5.91 Å². The summed E-state index contributed by atoms with van der Waals surface area (Å²) in [5, 5.41) is 0. The summed E-state index contributed by atoms with van der Waals surface area (Å²) in [4.78, 5) is 10.9. The zero-order valence-corrected chi connectivity index (χ0v) is 8.66. The van der Waals surface area contributed by atoms with Gasteiger partial charge >= 0.3 is 0 Å². The first-order valence-corrected chi connectivity index (χ1v) is 4.64. The van der Waals surface area contributed by atoms with Crippen molar-refractivity contribution in [3.63, 3.8) is 0 Å². The molecule has 1 amide bonds. The fourth-order valence-corrected chi connectivity index (χ4v) is 1.34. The molecule has 5 nitrogen and oxygen atoms in total. The number of hydrogen-bond donors (Lipinski definition) is 4. The number of benzene rings is 1. The number of rotatable bonds is 3. The lowest BCUT2D eigenvalue weighted by Crippen LogP contribution is -2.22. The molecule has 0 aliphatic heterocycles. The Morgan fingerprint density at radius 3 is 2.13 bits per heavy atom. The van der Waals surface area contributed by atoms with Gasteiger partial charge in [-0.05, 0) is 24.1 Å². The monoisotopic (exact) mass is 208 g/mol. The van der Waals surface area contributed by atoms with Crippen molar-refractivity contribution in [3.05, 3.63) is 17.7 Å². The molecule has 1 aromatic carbocycles. The van der Waals surface area contributed by atoms with Gasteiger partial charge in [-0.2, -0.15) is 0 Å². The molecule has 0 unspecified atom stereocenters. The molecule has 0 spiro atoms. The van der Waals surface area contributed by atoms with Crippen molar-refractivity contribution in [3.8, 4) is 0 Å².